The molecule has 2 N–H and O–H groups in total. The fourth-order valence-electron chi connectivity index (χ4n) is 4.15. The fourth-order valence-corrected chi connectivity index (χ4v) is 6.03. The largest absolute Gasteiger partial charge is 0.360 e. The summed E-state index contributed by atoms with van der Waals surface area (Å²) in [5, 5.41) is 5.36. The van der Waals surface area contributed by atoms with E-state index in [4.69, 9.17) is 4.74 Å². The quantitative estimate of drug-likeness (QED) is 0.526. The predicted molar refractivity (Wildman–Crippen MR) is 117 cm³/mol. The first kappa shape index (κ1) is 23.7. The Morgan fingerprint density at radius 1 is 1.06 bits per heavy atom. The summed E-state index contributed by atoms with van der Waals surface area (Å²) in [5.74, 6) is -1.44. The molecule has 2 aliphatic rings. The van der Waals surface area contributed by atoms with Crippen molar-refractivity contribution in [3.05, 3.63) is 29.3 Å². The summed E-state index contributed by atoms with van der Waals surface area (Å²) < 4.78 is 33.5. The van der Waals surface area contributed by atoms with Crippen LogP contribution in [-0.4, -0.2) is 56.5 Å². The van der Waals surface area contributed by atoms with Crippen molar-refractivity contribution in [3.63, 3.8) is 0 Å². The number of rotatable bonds is 5. The van der Waals surface area contributed by atoms with E-state index in [0.29, 0.717) is 25.1 Å². The van der Waals surface area contributed by atoms with Gasteiger partial charge in [-0.25, -0.2) is 8.42 Å². The number of carbonyl (C=O) groups is 2. The summed E-state index contributed by atoms with van der Waals surface area (Å²) in [6, 6.07) is 5.32. The Hall–Kier alpha value is -1.97. The Morgan fingerprint density at radius 2 is 1.77 bits per heavy atom. The van der Waals surface area contributed by atoms with Gasteiger partial charge >= 0.3 is 11.8 Å². The van der Waals surface area contributed by atoms with Crippen molar-refractivity contribution in [2.24, 2.45) is 0 Å². The molecule has 3 rings (SSSR count). The van der Waals surface area contributed by atoms with Gasteiger partial charge in [0, 0.05) is 12.6 Å². The average Bonchev–Trinajstić information content (AvgIpc) is 3.02. The third kappa shape index (κ3) is 6.05. The first-order valence-electron chi connectivity index (χ1n) is 11.1. The highest BCUT2D eigenvalue weighted by atomic mass is 32.2. The van der Waals surface area contributed by atoms with Crippen LogP contribution in [0.4, 0.5) is 0 Å². The number of nitrogens with one attached hydrogen (secondary N) is 2. The Labute approximate surface area is 184 Å². The molecule has 2 amide bonds. The minimum atomic E-state index is -3.80. The number of benzene rings is 1. The molecule has 2 fully saturated rings. The Balaban J connectivity index is 1.63. The van der Waals surface area contributed by atoms with E-state index in [1.807, 2.05) is 13.0 Å². The lowest BCUT2D eigenvalue weighted by molar-refractivity contribution is -0.140. The molecule has 1 heterocycles. The first-order valence-corrected chi connectivity index (χ1v) is 12.5. The second-order valence-electron chi connectivity index (χ2n) is 8.44. The molecule has 8 nitrogen and oxygen atoms in total. The second-order valence-corrected chi connectivity index (χ2v) is 10.3. The standard InChI is InChI=1S/C22H33N3O5S/c1-16-10-11-17(2)19(14-16)31(28,29)25-12-7-13-30-20(25)15-23-21(26)22(27)24-18-8-5-3-4-6-9-18/h10-11,14,18,20H,3-9,12-13,15H2,1-2H3,(H,23,26)(H,24,27)/t20-/m0/s1. The van der Waals surface area contributed by atoms with Crippen LogP contribution in [0.15, 0.2) is 23.1 Å². The van der Waals surface area contributed by atoms with E-state index in [0.717, 1.165) is 44.1 Å². The number of ether oxygens (including phenoxy) is 1. The average molecular weight is 452 g/mol. The molecule has 1 saturated carbocycles. The van der Waals surface area contributed by atoms with E-state index in [9.17, 15) is 18.0 Å². The van der Waals surface area contributed by atoms with Gasteiger partial charge in [-0.3, -0.25) is 9.59 Å². The maximum absolute atomic E-state index is 13.3. The highest BCUT2D eigenvalue weighted by molar-refractivity contribution is 7.89. The molecule has 0 spiro atoms. The third-order valence-corrected chi connectivity index (χ3v) is 7.95. The minimum absolute atomic E-state index is 0.0212. The monoisotopic (exact) mass is 451 g/mol. The Morgan fingerprint density at radius 3 is 2.48 bits per heavy atom. The van der Waals surface area contributed by atoms with E-state index in [1.54, 1.807) is 19.1 Å². The van der Waals surface area contributed by atoms with E-state index in [-0.39, 0.29) is 17.5 Å². The summed E-state index contributed by atoms with van der Waals surface area (Å²) in [7, 11) is -3.80. The van der Waals surface area contributed by atoms with Gasteiger partial charge < -0.3 is 15.4 Å². The number of carbonyl (C=O) groups excluding carboxylic acids is 2. The smallest absolute Gasteiger partial charge is 0.309 e. The van der Waals surface area contributed by atoms with E-state index >= 15 is 0 Å². The molecule has 1 aromatic rings. The van der Waals surface area contributed by atoms with Crippen molar-refractivity contribution in [3.8, 4) is 0 Å². The van der Waals surface area contributed by atoms with Gasteiger partial charge in [-0.05, 0) is 50.3 Å². The number of hydrogen-bond donors (Lipinski definition) is 2. The van der Waals surface area contributed by atoms with Crippen molar-refractivity contribution >= 4 is 21.8 Å². The van der Waals surface area contributed by atoms with Crippen LogP contribution in [0.1, 0.15) is 56.1 Å². The van der Waals surface area contributed by atoms with Crippen molar-refractivity contribution in [2.75, 3.05) is 19.7 Å². The number of sulfonamides is 1. The van der Waals surface area contributed by atoms with Crippen LogP contribution < -0.4 is 10.6 Å². The molecule has 1 atom stereocenters. The van der Waals surface area contributed by atoms with Gasteiger partial charge in [0.25, 0.3) is 0 Å². The van der Waals surface area contributed by atoms with Gasteiger partial charge in [-0.1, -0.05) is 37.8 Å². The molecular formula is C22H33N3O5S. The molecule has 1 aliphatic carbocycles. The predicted octanol–water partition coefficient (Wildman–Crippen LogP) is 2.00. The lowest BCUT2D eigenvalue weighted by Crippen LogP contribution is -2.53. The van der Waals surface area contributed by atoms with Gasteiger partial charge in [-0.15, -0.1) is 0 Å². The SMILES string of the molecule is Cc1ccc(C)c(S(=O)(=O)N2CCCO[C@H]2CNC(=O)C(=O)NC2CCCCCC2)c1. The summed E-state index contributed by atoms with van der Waals surface area (Å²) in [5.41, 5.74) is 1.50. The molecule has 9 heteroatoms. The minimum Gasteiger partial charge on any atom is -0.360 e. The first-order chi connectivity index (χ1) is 14.8. The van der Waals surface area contributed by atoms with Gasteiger partial charge in [0.05, 0.1) is 18.0 Å². The van der Waals surface area contributed by atoms with E-state index in [2.05, 4.69) is 10.6 Å². The van der Waals surface area contributed by atoms with Crippen LogP contribution in [0, 0.1) is 13.8 Å². The van der Waals surface area contributed by atoms with Crippen molar-refractivity contribution in [1.29, 1.82) is 0 Å². The molecule has 1 saturated heterocycles. The lowest BCUT2D eigenvalue weighted by atomic mass is 10.1. The fraction of sp³-hybridized carbons (Fsp3) is 0.636. The van der Waals surface area contributed by atoms with Crippen molar-refractivity contribution in [1.82, 2.24) is 14.9 Å². The van der Waals surface area contributed by atoms with Crippen molar-refractivity contribution < 1.29 is 22.7 Å². The maximum atomic E-state index is 13.3. The molecule has 0 unspecified atom stereocenters. The molecule has 0 bridgehead atoms. The summed E-state index contributed by atoms with van der Waals surface area (Å²) in [4.78, 5) is 24.8. The summed E-state index contributed by atoms with van der Waals surface area (Å²) in [6.45, 7) is 4.21. The second kappa shape index (κ2) is 10.6. The molecule has 31 heavy (non-hydrogen) atoms. The van der Waals surface area contributed by atoms with Gasteiger partial charge in [0.1, 0.15) is 6.23 Å². The molecule has 172 valence electrons. The Bertz CT molecular complexity index is 894. The van der Waals surface area contributed by atoms with Gasteiger partial charge in [-0.2, -0.15) is 4.31 Å². The molecule has 0 radical (unpaired) electrons. The molecule has 1 aliphatic heterocycles. The zero-order valence-corrected chi connectivity index (χ0v) is 19.2. The highest BCUT2D eigenvalue weighted by Gasteiger charge is 2.35. The number of amides is 2. The van der Waals surface area contributed by atoms with Gasteiger partial charge in [0.15, 0.2) is 0 Å². The maximum Gasteiger partial charge on any atom is 0.309 e. The van der Waals surface area contributed by atoms with Crippen LogP contribution in [0.25, 0.3) is 0 Å². The normalized spacial score (nSPS) is 21.3. The van der Waals surface area contributed by atoms with Crippen LogP contribution >= 0.6 is 0 Å². The van der Waals surface area contributed by atoms with Crippen LogP contribution in [0.2, 0.25) is 0 Å². The summed E-state index contributed by atoms with van der Waals surface area (Å²) >= 11 is 0. The number of hydrogen-bond acceptors (Lipinski definition) is 5. The van der Waals surface area contributed by atoms with Crippen LogP contribution in [0.5, 0.6) is 0 Å². The zero-order chi connectivity index (χ0) is 22.4. The number of nitrogens with zero attached hydrogens (tertiary/aromatic N) is 1. The molecular weight excluding hydrogens is 418 g/mol. The lowest BCUT2D eigenvalue weighted by Gasteiger charge is -2.35. The van der Waals surface area contributed by atoms with E-state index in [1.165, 1.54) is 4.31 Å². The molecule has 1 aromatic carbocycles. The van der Waals surface area contributed by atoms with E-state index < -0.39 is 28.1 Å². The van der Waals surface area contributed by atoms with Gasteiger partial charge in [0.2, 0.25) is 10.0 Å². The topological polar surface area (TPSA) is 105 Å². The molecule has 0 aromatic heterocycles. The number of aryl methyl sites for hydroxylation is 2. The zero-order valence-electron chi connectivity index (χ0n) is 18.4. The van der Waals surface area contributed by atoms with Crippen LogP contribution in [-0.2, 0) is 24.3 Å². The Kier molecular flexibility index (Phi) is 8.07. The highest BCUT2D eigenvalue weighted by Crippen LogP contribution is 2.25. The summed E-state index contributed by atoms with van der Waals surface area (Å²) in [6.07, 6.45) is 5.88. The van der Waals surface area contributed by atoms with Crippen LogP contribution in [0.3, 0.4) is 0 Å². The third-order valence-electron chi connectivity index (χ3n) is 5.92. The van der Waals surface area contributed by atoms with Crippen molar-refractivity contribution in [2.45, 2.75) is 76.0 Å².